The molecule has 0 bridgehead atoms. The number of rotatable bonds is 7. The number of ketones is 1. The van der Waals surface area contributed by atoms with Gasteiger partial charge in [-0.3, -0.25) is 14.4 Å². The van der Waals surface area contributed by atoms with Crippen LogP contribution in [0, 0.1) is 6.92 Å². The van der Waals surface area contributed by atoms with Gasteiger partial charge in [-0.15, -0.1) is 0 Å². The van der Waals surface area contributed by atoms with E-state index in [1.54, 1.807) is 12.1 Å². The number of nitrogens with zero attached hydrogens (tertiary/aromatic N) is 1. The van der Waals surface area contributed by atoms with Crippen LogP contribution in [-0.2, 0) is 20.8 Å². The Morgan fingerprint density at radius 3 is 2.42 bits per heavy atom. The number of nitrogens with one attached hydrogen (secondary N) is 2. The summed E-state index contributed by atoms with van der Waals surface area (Å²) in [5, 5.41) is 14.2. The summed E-state index contributed by atoms with van der Waals surface area (Å²) >= 11 is 0. The molecule has 0 radical (unpaired) electrons. The van der Waals surface area contributed by atoms with E-state index in [9.17, 15) is 24.3 Å². The Hall–Kier alpha value is -2.94. The predicted molar refractivity (Wildman–Crippen MR) is 125 cm³/mol. The van der Waals surface area contributed by atoms with Crippen LogP contribution < -0.4 is 10.6 Å². The van der Waals surface area contributed by atoms with Crippen LogP contribution in [0.15, 0.2) is 60.8 Å². The molecule has 2 aromatic rings. The van der Waals surface area contributed by atoms with Gasteiger partial charge in [0, 0.05) is 19.3 Å². The third-order valence-electron chi connectivity index (χ3n) is 5.17. The van der Waals surface area contributed by atoms with E-state index in [2.05, 4.69) is 16.7 Å². The number of hydrogen-bond donors (Lipinski definition) is 3. The maximum atomic E-state index is 12.5. The van der Waals surface area contributed by atoms with Gasteiger partial charge in [-0.25, -0.2) is 4.79 Å². The Kier molecular flexibility index (Phi) is 9.40. The van der Waals surface area contributed by atoms with Gasteiger partial charge in [0.15, 0.2) is 11.8 Å². The number of aryl methyl sites for hydroxylation is 1. The fourth-order valence-corrected chi connectivity index (χ4v) is 3.50. The molecule has 0 saturated heterocycles. The molecule has 8 nitrogen and oxygen atoms in total. The molecule has 3 rings (SSSR count). The van der Waals surface area contributed by atoms with E-state index >= 15 is 0 Å². The second kappa shape index (κ2) is 11.8. The third kappa shape index (κ3) is 7.28. The van der Waals surface area contributed by atoms with Crippen molar-refractivity contribution in [1.29, 1.82) is 0 Å². The van der Waals surface area contributed by atoms with E-state index in [1.807, 2.05) is 37.3 Å². The molecule has 2 unspecified atom stereocenters. The van der Waals surface area contributed by atoms with Gasteiger partial charge in [-0.2, -0.15) is 0 Å². The monoisotopic (exact) mass is 459 g/mol. The van der Waals surface area contributed by atoms with E-state index in [-0.39, 0.29) is 36.0 Å². The molecule has 1 aliphatic heterocycles. The van der Waals surface area contributed by atoms with Gasteiger partial charge in [0.25, 0.3) is 5.91 Å². The third-order valence-corrected chi connectivity index (χ3v) is 5.17. The minimum absolute atomic E-state index is 0. The molecule has 0 aromatic heterocycles. The standard InChI is InChI=1S/C24H25N3O5.Na.H/c1-15-4-3-5-17(12-15)13-16-6-8-18(9-7-16)19(14-21(29)30)25-24(32)26-22-20(28)10-11-27(2)23(22)31;;/h3-12,19,22H,13-14H2,1-2H3,(H,29,30)(H2,25,26,32);;. The second-order valence-electron chi connectivity index (χ2n) is 7.78. The Bertz CT molecular complexity index is 1070. The van der Waals surface area contributed by atoms with E-state index < -0.39 is 35.8 Å². The number of carbonyl (C=O) groups excluding carboxylic acids is 3. The van der Waals surface area contributed by atoms with Gasteiger partial charge >= 0.3 is 41.6 Å². The predicted octanol–water partition coefficient (Wildman–Crippen LogP) is 1.68. The zero-order valence-corrected chi connectivity index (χ0v) is 17.9. The van der Waals surface area contributed by atoms with E-state index in [4.69, 9.17) is 0 Å². The van der Waals surface area contributed by atoms with Crippen molar-refractivity contribution in [2.24, 2.45) is 0 Å². The van der Waals surface area contributed by atoms with Gasteiger partial charge in [0.2, 0.25) is 0 Å². The van der Waals surface area contributed by atoms with E-state index in [0.717, 1.165) is 17.5 Å². The van der Waals surface area contributed by atoms with Gasteiger partial charge in [-0.1, -0.05) is 54.1 Å². The number of hydrogen-bond acceptors (Lipinski definition) is 4. The van der Waals surface area contributed by atoms with Crippen LogP contribution in [0.2, 0.25) is 0 Å². The molecule has 0 spiro atoms. The molecular weight excluding hydrogens is 433 g/mol. The van der Waals surface area contributed by atoms with Crippen LogP contribution >= 0.6 is 0 Å². The van der Waals surface area contributed by atoms with Crippen molar-refractivity contribution in [3.63, 3.8) is 0 Å². The number of carboxylic acid groups (broad SMARTS) is 1. The number of carboxylic acids is 1. The Labute approximate surface area is 214 Å². The summed E-state index contributed by atoms with van der Waals surface area (Å²) in [5.41, 5.74) is 3.99. The fraction of sp³-hybridized carbons (Fsp3) is 0.250. The summed E-state index contributed by atoms with van der Waals surface area (Å²) in [7, 11) is 1.48. The van der Waals surface area contributed by atoms with Crippen LogP contribution in [0.5, 0.6) is 0 Å². The normalized spacial score (nSPS) is 16.1. The Morgan fingerprint density at radius 1 is 1.09 bits per heavy atom. The van der Waals surface area contributed by atoms with Crippen molar-refractivity contribution in [1.82, 2.24) is 15.5 Å². The SMILES string of the molecule is Cc1cccc(Cc2ccc(C(CC(=O)O)NC(=O)NC3C(=O)C=CN(C)C3=O)cc2)c1.[NaH]. The molecule has 3 amide bonds. The van der Waals surface area contributed by atoms with Crippen LogP contribution in [-0.4, -0.2) is 76.3 Å². The van der Waals surface area contributed by atoms with Crippen molar-refractivity contribution in [2.45, 2.75) is 31.8 Å². The van der Waals surface area contributed by atoms with Crippen molar-refractivity contribution < 1.29 is 24.3 Å². The zero-order chi connectivity index (χ0) is 23.3. The maximum absolute atomic E-state index is 12.5. The summed E-state index contributed by atoms with van der Waals surface area (Å²) in [4.78, 5) is 49.1. The van der Waals surface area contributed by atoms with Gasteiger partial charge in [0.05, 0.1) is 12.5 Å². The van der Waals surface area contributed by atoms with Gasteiger partial charge < -0.3 is 20.6 Å². The second-order valence-corrected chi connectivity index (χ2v) is 7.78. The molecule has 168 valence electrons. The molecule has 9 heteroatoms. The van der Waals surface area contributed by atoms with Crippen molar-refractivity contribution >= 4 is 53.2 Å². The number of carbonyl (C=O) groups is 4. The summed E-state index contributed by atoms with van der Waals surface area (Å²) in [6.07, 6.45) is 2.91. The van der Waals surface area contributed by atoms with Gasteiger partial charge in [-0.05, 0) is 30.0 Å². The van der Waals surface area contributed by atoms with Crippen molar-refractivity contribution in [3.8, 4) is 0 Å². The summed E-state index contributed by atoms with van der Waals surface area (Å²) in [5.74, 6) is -2.20. The molecule has 1 aliphatic rings. The zero-order valence-electron chi connectivity index (χ0n) is 17.9. The average molecular weight is 459 g/mol. The van der Waals surface area contributed by atoms with Gasteiger partial charge in [0.1, 0.15) is 0 Å². The van der Waals surface area contributed by atoms with E-state index in [1.165, 1.54) is 29.8 Å². The average Bonchev–Trinajstić information content (AvgIpc) is 2.74. The molecule has 0 aliphatic carbocycles. The molecule has 3 N–H and O–H groups in total. The first-order valence-corrected chi connectivity index (χ1v) is 10.1. The van der Waals surface area contributed by atoms with E-state index in [0.29, 0.717) is 5.56 Å². The molecular formula is C24H26N3NaO5. The minimum atomic E-state index is -1.34. The topological polar surface area (TPSA) is 116 Å². The fourth-order valence-electron chi connectivity index (χ4n) is 3.50. The first kappa shape index (κ1) is 26.3. The van der Waals surface area contributed by atoms with Crippen LogP contribution in [0.3, 0.4) is 0 Å². The Balaban J connectivity index is 0.00000385. The first-order valence-electron chi connectivity index (χ1n) is 10.1. The number of likely N-dealkylation sites (N-methyl/N-ethyl adjacent to an activating group) is 1. The van der Waals surface area contributed by atoms with Crippen molar-refractivity contribution in [3.05, 3.63) is 83.1 Å². The summed E-state index contributed by atoms with van der Waals surface area (Å²) in [6, 6.07) is 12.5. The van der Waals surface area contributed by atoms with Crippen LogP contribution in [0.25, 0.3) is 0 Å². The van der Waals surface area contributed by atoms with Crippen molar-refractivity contribution in [2.75, 3.05) is 7.05 Å². The number of aliphatic carboxylic acids is 1. The molecule has 0 saturated carbocycles. The molecule has 2 atom stereocenters. The Morgan fingerprint density at radius 2 is 1.79 bits per heavy atom. The first-order chi connectivity index (χ1) is 15.2. The number of benzene rings is 2. The summed E-state index contributed by atoms with van der Waals surface area (Å²) < 4.78 is 0. The number of amides is 3. The number of urea groups is 1. The molecule has 0 fully saturated rings. The molecule has 33 heavy (non-hydrogen) atoms. The van der Waals surface area contributed by atoms with Crippen LogP contribution in [0.4, 0.5) is 4.79 Å². The molecule has 2 aromatic carbocycles. The molecule has 1 heterocycles. The summed E-state index contributed by atoms with van der Waals surface area (Å²) in [6.45, 7) is 2.03. The quantitative estimate of drug-likeness (QED) is 0.430. The van der Waals surface area contributed by atoms with Crippen LogP contribution in [0.1, 0.15) is 34.7 Å².